The molecule has 7 heteroatoms. The average Bonchev–Trinajstić information content (AvgIpc) is 3.39. The third-order valence-electron chi connectivity index (χ3n) is 8.45. The Labute approximate surface area is 218 Å². The van der Waals surface area contributed by atoms with Gasteiger partial charge in [0.15, 0.2) is 5.96 Å². The molecule has 4 aliphatic rings. The first-order chi connectivity index (χ1) is 17.3. The van der Waals surface area contributed by atoms with E-state index in [4.69, 9.17) is 10.7 Å². The van der Waals surface area contributed by atoms with E-state index in [1.807, 2.05) is 18.2 Å². The maximum Gasteiger partial charge on any atom is 0.234 e. The maximum absolute atomic E-state index is 13.7. The number of aliphatic imine (C=N–C) groups is 1. The molecule has 3 heterocycles. The summed E-state index contributed by atoms with van der Waals surface area (Å²) in [5.74, 6) is 0.483. The van der Waals surface area contributed by atoms with Gasteiger partial charge in [-0.3, -0.25) is 14.6 Å². The summed E-state index contributed by atoms with van der Waals surface area (Å²) in [4.78, 5) is 22.9. The van der Waals surface area contributed by atoms with E-state index < -0.39 is 5.54 Å². The normalized spacial score (nSPS) is 31.6. The first-order valence-electron chi connectivity index (χ1n) is 12.9. The minimum Gasteiger partial charge on any atom is -0.369 e. The highest BCUT2D eigenvalue weighted by molar-refractivity contribution is 8.03. The highest BCUT2D eigenvalue weighted by Gasteiger charge is 2.54. The van der Waals surface area contributed by atoms with E-state index in [1.54, 1.807) is 23.7 Å². The summed E-state index contributed by atoms with van der Waals surface area (Å²) < 4.78 is 0. The van der Waals surface area contributed by atoms with Crippen LogP contribution < -0.4 is 5.73 Å². The van der Waals surface area contributed by atoms with E-state index in [0.29, 0.717) is 17.6 Å². The third-order valence-corrected chi connectivity index (χ3v) is 9.84. The molecular formula is C29H35N5OS. The topological polar surface area (TPSA) is 85.7 Å². The summed E-state index contributed by atoms with van der Waals surface area (Å²) in [5, 5.41) is 11.6. The molecular weight excluding hydrogens is 466 g/mol. The highest BCUT2D eigenvalue weighted by Crippen LogP contribution is 2.50. The van der Waals surface area contributed by atoms with Gasteiger partial charge >= 0.3 is 0 Å². The molecule has 1 aliphatic carbocycles. The number of nitrogens with two attached hydrogens (primary N) is 1. The van der Waals surface area contributed by atoms with Gasteiger partial charge in [0.2, 0.25) is 5.91 Å². The van der Waals surface area contributed by atoms with Crippen LogP contribution in [0.15, 0.2) is 58.5 Å². The standard InChI is InChI=1S/C29H35N5OS/c1-19-6-4-9-24(14-19)34-12-10-21(11-13-34)26-27(35)33(3)28(31)32-29(26,2)25-16-23(18-36-25)22-8-5-7-20(15-22)17-30/h4-8,14-15,18,21,24-26H,9-13,16H2,1-3H3,(H2,31,32)/t24?,25?,26-,29+/m0/s1. The summed E-state index contributed by atoms with van der Waals surface area (Å²) >= 11 is 1.76. The van der Waals surface area contributed by atoms with E-state index in [1.165, 1.54) is 11.1 Å². The molecule has 4 atom stereocenters. The van der Waals surface area contributed by atoms with E-state index in [0.717, 1.165) is 44.3 Å². The number of nitriles is 1. The van der Waals surface area contributed by atoms with Crippen LogP contribution >= 0.6 is 11.8 Å². The van der Waals surface area contributed by atoms with E-state index in [2.05, 4.69) is 54.5 Å². The highest BCUT2D eigenvalue weighted by atomic mass is 32.2. The number of hydrogen-bond donors (Lipinski definition) is 1. The maximum atomic E-state index is 13.7. The molecule has 1 aromatic carbocycles. The molecule has 1 saturated heterocycles. The van der Waals surface area contributed by atoms with Crippen molar-refractivity contribution in [3.8, 4) is 6.07 Å². The van der Waals surface area contributed by atoms with Crippen molar-refractivity contribution >= 4 is 29.2 Å². The molecule has 0 radical (unpaired) electrons. The molecule has 0 saturated carbocycles. The molecule has 1 fully saturated rings. The van der Waals surface area contributed by atoms with Crippen LogP contribution in [-0.2, 0) is 4.79 Å². The van der Waals surface area contributed by atoms with Gasteiger partial charge in [0.05, 0.1) is 23.1 Å². The summed E-state index contributed by atoms with van der Waals surface area (Å²) in [6, 6.07) is 10.5. The number of rotatable bonds is 4. The first-order valence-corrected chi connectivity index (χ1v) is 13.8. The molecule has 1 amide bonds. The number of piperidine rings is 1. The van der Waals surface area contributed by atoms with Crippen molar-refractivity contribution in [3.63, 3.8) is 0 Å². The fraction of sp³-hybridized carbons (Fsp3) is 0.483. The monoisotopic (exact) mass is 501 g/mol. The minimum atomic E-state index is -0.583. The largest absolute Gasteiger partial charge is 0.369 e. The Morgan fingerprint density at radius 1 is 1.28 bits per heavy atom. The Morgan fingerprint density at radius 2 is 2.06 bits per heavy atom. The lowest BCUT2D eigenvalue weighted by Gasteiger charge is -2.48. The minimum absolute atomic E-state index is 0.0975. The van der Waals surface area contributed by atoms with Gasteiger partial charge in [-0.1, -0.05) is 35.9 Å². The molecule has 36 heavy (non-hydrogen) atoms. The zero-order valence-electron chi connectivity index (χ0n) is 21.4. The second kappa shape index (κ2) is 9.91. The third kappa shape index (κ3) is 4.53. The Morgan fingerprint density at radius 3 is 2.78 bits per heavy atom. The van der Waals surface area contributed by atoms with Crippen molar-refractivity contribution in [2.24, 2.45) is 22.6 Å². The number of guanidine groups is 1. The van der Waals surface area contributed by atoms with Crippen molar-refractivity contribution in [1.82, 2.24) is 9.80 Å². The lowest BCUT2D eigenvalue weighted by Crippen LogP contribution is -2.61. The zero-order chi connectivity index (χ0) is 25.4. The van der Waals surface area contributed by atoms with Crippen molar-refractivity contribution in [2.75, 3.05) is 20.1 Å². The van der Waals surface area contributed by atoms with Gasteiger partial charge in [-0.05, 0) is 87.2 Å². The number of carbonyl (C=O) groups excluding carboxylic acids is 1. The molecule has 188 valence electrons. The average molecular weight is 502 g/mol. The van der Waals surface area contributed by atoms with E-state index in [9.17, 15) is 10.1 Å². The molecule has 1 aromatic rings. The van der Waals surface area contributed by atoms with Gasteiger partial charge in [-0.15, -0.1) is 11.8 Å². The molecule has 6 nitrogen and oxygen atoms in total. The van der Waals surface area contributed by atoms with E-state index >= 15 is 0 Å². The number of likely N-dealkylation sites (tertiary alicyclic amines) is 1. The van der Waals surface area contributed by atoms with Crippen LogP contribution in [0.1, 0.15) is 50.7 Å². The van der Waals surface area contributed by atoms with Crippen LogP contribution in [0.5, 0.6) is 0 Å². The van der Waals surface area contributed by atoms with Crippen molar-refractivity contribution in [2.45, 2.75) is 56.4 Å². The van der Waals surface area contributed by atoms with Gasteiger partial charge < -0.3 is 5.73 Å². The molecule has 5 rings (SSSR count). The van der Waals surface area contributed by atoms with Crippen LogP contribution in [0.4, 0.5) is 0 Å². The predicted molar refractivity (Wildman–Crippen MR) is 147 cm³/mol. The van der Waals surface area contributed by atoms with Gasteiger partial charge in [0.1, 0.15) is 0 Å². The predicted octanol–water partition coefficient (Wildman–Crippen LogP) is 4.55. The van der Waals surface area contributed by atoms with Crippen molar-refractivity contribution in [3.05, 3.63) is 64.6 Å². The van der Waals surface area contributed by atoms with E-state index in [-0.39, 0.29) is 23.0 Å². The molecule has 0 aromatic heterocycles. The fourth-order valence-electron chi connectivity index (χ4n) is 6.35. The SMILES string of the molecule is CC1=CC(N2CCC([C@H]3C(=O)N(C)C(N)=N[C@]3(C)C3CC(c4cccc(C#N)c4)=CS3)CC2)CC=C1. The Bertz CT molecular complexity index is 1200. The van der Waals surface area contributed by atoms with Gasteiger partial charge in [0, 0.05) is 18.3 Å². The van der Waals surface area contributed by atoms with Crippen molar-refractivity contribution < 1.29 is 4.79 Å². The van der Waals surface area contributed by atoms with Gasteiger partial charge in [-0.2, -0.15) is 5.26 Å². The number of benzene rings is 1. The van der Waals surface area contributed by atoms with Crippen LogP contribution in [0.3, 0.4) is 0 Å². The Hall–Kier alpha value is -2.82. The van der Waals surface area contributed by atoms with Gasteiger partial charge in [-0.25, -0.2) is 4.99 Å². The van der Waals surface area contributed by atoms with Crippen LogP contribution in [0.25, 0.3) is 5.57 Å². The lowest BCUT2D eigenvalue weighted by molar-refractivity contribution is -0.137. The molecule has 0 bridgehead atoms. The fourth-order valence-corrected chi connectivity index (χ4v) is 7.66. The van der Waals surface area contributed by atoms with Crippen molar-refractivity contribution in [1.29, 1.82) is 5.26 Å². The second-order valence-electron chi connectivity index (χ2n) is 10.7. The first kappa shape index (κ1) is 24.9. The smallest absolute Gasteiger partial charge is 0.234 e. The zero-order valence-corrected chi connectivity index (χ0v) is 22.2. The molecule has 2 N–H and O–H groups in total. The number of hydrogen-bond acceptors (Lipinski definition) is 6. The summed E-state index contributed by atoms with van der Waals surface area (Å²) in [6.07, 6.45) is 10.7. The van der Waals surface area contributed by atoms with Crippen LogP contribution in [0.2, 0.25) is 0 Å². The molecule has 0 spiro atoms. The number of carbonyl (C=O) groups is 1. The Kier molecular flexibility index (Phi) is 6.84. The van der Waals surface area contributed by atoms with Gasteiger partial charge in [0.25, 0.3) is 0 Å². The van der Waals surface area contributed by atoms with Crippen LogP contribution in [0, 0.1) is 23.2 Å². The number of nitrogens with zero attached hydrogens (tertiary/aromatic N) is 4. The number of amides is 1. The Balaban J connectivity index is 1.36. The molecule has 3 aliphatic heterocycles. The number of thioether (sulfide) groups is 1. The molecule has 2 unspecified atom stereocenters. The van der Waals surface area contributed by atoms with Crippen LogP contribution in [-0.4, -0.2) is 58.6 Å². The quantitative estimate of drug-likeness (QED) is 0.654. The second-order valence-corrected chi connectivity index (χ2v) is 11.8. The summed E-state index contributed by atoms with van der Waals surface area (Å²) in [6.45, 7) is 6.30. The number of allylic oxidation sites excluding steroid dienone is 3. The lowest BCUT2D eigenvalue weighted by atomic mass is 9.69. The summed E-state index contributed by atoms with van der Waals surface area (Å²) in [5.41, 5.74) is 9.97. The summed E-state index contributed by atoms with van der Waals surface area (Å²) in [7, 11) is 1.75.